The van der Waals surface area contributed by atoms with Crippen LogP contribution in [-0.4, -0.2) is 50.1 Å². The molecular formula is C30H37N5O5. The highest BCUT2D eigenvalue weighted by Crippen LogP contribution is 2.32. The van der Waals surface area contributed by atoms with E-state index < -0.39 is 11.9 Å². The second-order valence-corrected chi connectivity index (χ2v) is 10.2. The Labute approximate surface area is 234 Å². The van der Waals surface area contributed by atoms with Gasteiger partial charge in [-0.15, -0.1) is 0 Å². The molecule has 1 atom stereocenters. The van der Waals surface area contributed by atoms with E-state index in [2.05, 4.69) is 41.2 Å². The van der Waals surface area contributed by atoms with E-state index >= 15 is 0 Å². The fourth-order valence-electron chi connectivity index (χ4n) is 4.57. The molecule has 212 valence electrons. The van der Waals surface area contributed by atoms with Crippen molar-refractivity contribution in [3.63, 3.8) is 0 Å². The predicted octanol–water partition coefficient (Wildman–Crippen LogP) is 5.36. The normalized spacial score (nSPS) is 12.8. The molecule has 40 heavy (non-hydrogen) atoms. The third-order valence-corrected chi connectivity index (χ3v) is 6.55. The molecular weight excluding hydrogens is 510 g/mol. The van der Waals surface area contributed by atoms with Crippen LogP contribution in [0.25, 0.3) is 4.85 Å². The maximum absolute atomic E-state index is 11.7. The fraction of sp³-hybridized carbons (Fsp3) is 0.433. The number of fused-ring (bicyclic) bond motifs is 1. The van der Waals surface area contributed by atoms with Gasteiger partial charge in [0, 0.05) is 38.7 Å². The smallest absolute Gasteiger partial charge is 0.303 e. The standard InChI is InChI=1S/C28H33N5O3.C2H4O2/c1-18(2)20-12-21(14-24(13-20)29-3)22(16-27(34)35)15-25-17-26(33(4)32-25)36-11-9-23-8-7-19-6-5-10-30-28(19)31-23;1-2(3)4/h7-8,12-14,17-18,22H,5-6,9-11,15-16H2,1-2,4H3,(H,30,31)(H,34,35);1H3,(H,3,4). The number of anilines is 1. The monoisotopic (exact) mass is 547 g/mol. The first-order chi connectivity index (χ1) is 19.0. The van der Waals surface area contributed by atoms with E-state index in [1.165, 1.54) is 5.56 Å². The molecule has 0 amide bonds. The van der Waals surface area contributed by atoms with Crippen LogP contribution >= 0.6 is 0 Å². The number of ether oxygens (including phenoxy) is 1. The van der Waals surface area contributed by atoms with Crippen LogP contribution in [0.5, 0.6) is 5.88 Å². The Balaban J connectivity index is 0.00000103. The lowest BCUT2D eigenvalue weighted by molar-refractivity contribution is -0.137. The summed E-state index contributed by atoms with van der Waals surface area (Å²) >= 11 is 0. The number of nitrogens with one attached hydrogen (secondary N) is 1. The minimum Gasteiger partial charge on any atom is -0.481 e. The number of carboxylic acid groups (broad SMARTS) is 2. The van der Waals surface area contributed by atoms with Crippen LogP contribution in [0, 0.1) is 6.57 Å². The van der Waals surface area contributed by atoms with Crippen LogP contribution in [0.1, 0.15) is 73.5 Å². The first-order valence-electron chi connectivity index (χ1n) is 13.4. The van der Waals surface area contributed by atoms with Crippen molar-refractivity contribution in [3.8, 4) is 5.88 Å². The minimum atomic E-state index is -0.876. The van der Waals surface area contributed by atoms with Crippen LogP contribution in [0.4, 0.5) is 11.5 Å². The quantitative estimate of drug-likeness (QED) is 0.289. The number of carboxylic acids is 2. The Morgan fingerprint density at radius 1 is 1.15 bits per heavy atom. The topological polar surface area (TPSA) is 131 Å². The van der Waals surface area contributed by atoms with E-state index in [9.17, 15) is 9.90 Å². The number of pyridine rings is 1. The molecule has 3 aromatic rings. The number of aromatic nitrogens is 3. The summed E-state index contributed by atoms with van der Waals surface area (Å²) in [5, 5.41) is 24.9. The summed E-state index contributed by atoms with van der Waals surface area (Å²) in [6, 6.07) is 11.8. The lowest BCUT2D eigenvalue weighted by Gasteiger charge is -2.17. The van der Waals surface area contributed by atoms with Gasteiger partial charge in [0.05, 0.1) is 25.3 Å². The van der Waals surface area contributed by atoms with Crippen LogP contribution < -0.4 is 10.1 Å². The Bertz CT molecular complexity index is 1370. The van der Waals surface area contributed by atoms with Gasteiger partial charge in [-0.1, -0.05) is 49.2 Å². The molecule has 0 saturated heterocycles. The second-order valence-electron chi connectivity index (χ2n) is 10.2. The summed E-state index contributed by atoms with van der Waals surface area (Å²) in [6.07, 6.45) is 3.29. The average Bonchev–Trinajstić information content (AvgIpc) is 3.25. The Morgan fingerprint density at radius 2 is 1.88 bits per heavy atom. The third-order valence-electron chi connectivity index (χ3n) is 6.55. The number of hydrogen-bond acceptors (Lipinski definition) is 6. The van der Waals surface area contributed by atoms with Gasteiger partial charge in [0.25, 0.3) is 5.97 Å². The zero-order valence-corrected chi connectivity index (χ0v) is 23.5. The molecule has 3 N–H and O–H groups in total. The molecule has 0 fully saturated rings. The molecule has 1 aliphatic heterocycles. The number of aryl methyl sites for hydroxylation is 2. The van der Waals surface area contributed by atoms with E-state index in [1.54, 1.807) is 10.7 Å². The van der Waals surface area contributed by atoms with Gasteiger partial charge < -0.3 is 20.3 Å². The third kappa shape index (κ3) is 8.83. The number of hydrogen-bond donors (Lipinski definition) is 3. The van der Waals surface area contributed by atoms with Crippen molar-refractivity contribution in [2.24, 2.45) is 7.05 Å². The molecule has 3 heterocycles. The highest BCUT2D eigenvalue weighted by Gasteiger charge is 2.21. The van der Waals surface area contributed by atoms with Gasteiger partial charge in [0.2, 0.25) is 5.88 Å². The molecule has 0 bridgehead atoms. The second kappa shape index (κ2) is 14.1. The van der Waals surface area contributed by atoms with Crippen molar-refractivity contribution < 1.29 is 24.5 Å². The van der Waals surface area contributed by atoms with Crippen LogP contribution in [0.15, 0.2) is 36.4 Å². The summed E-state index contributed by atoms with van der Waals surface area (Å²) in [4.78, 5) is 29.0. The van der Waals surface area contributed by atoms with E-state index in [0.29, 0.717) is 31.0 Å². The minimum absolute atomic E-state index is 0.0379. The van der Waals surface area contributed by atoms with Gasteiger partial charge in [-0.2, -0.15) is 5.10 Å². The summed E-state index contributed by atoms with van der Waals surface area (Å²) in [5.41, 5.74) is 5.42. The molecule has 10 nitrogen and oxygen atoms in total. The lowest BCUT2D eigenvalue weighted by Crippen LogP contribution is -2.14. The number of carbonyl (C=O) groups is 2. The molecule has 0 radical (unpaired) electrons. The van der Waals surface area contributed by atoms with Gasteiger partial charge in [0.15, 0.2) is 5.69 Å². The van der Waals surface area contributed by atoms with Crippen molar-refractivity contribution in [2.75, 3.05) is 18.5 Å². The maximum Gasteiger partial charge on any atom is 0.303 e. The summed E-state index contributed by atoms with van der Waals surface area (Å²) < 4.78 is 7.69. The van der Waals surface area contributed by atoms with Gasteiger partial charge in [0.1, 0.15) is 5.82 Å². The van der Waals surface area contributed by atoms with E-state index in [4.69, 9.17) is 26.2 Å². The van der Waals surface area contributed by atoms with Crippen molar-refractivity contribution in [1.29, 1.82) is 0 Å². The molecule has 1 aromatic carbocycles. The molecule has 1 unspecified atom stereocenters. The summed E-state index contributed by atoms with van der Waals surface area (Å²) in [5.74, 6) is -0.150. The molecule has 4 rings (SSSR count). The largest absolute Gasteiger partial charge is 0.481 e. The van der Waals surface area contributed by atoms with E-state index in [0.717, 1.165) is 54.6 Å². The molecule has 0 spiro atoms. The SMILES string of the molecule is CC(=O)O.[C-]#[N+]c1cc(C(C)C)cc(C(CC(=O)O)Cc2cc(OCCc3ccc4c(n3)NCCC4)n(C)n2)c1. The average molecular weight is 548 g/mol. The lowest BCUT2D eigenvalue weighted by atomic mass is 9.88. The molecule has 10 heteroatoms. The van der Waals surface area contributed by atoms with E-state index in [1.807, 2.05) is 25.2 Å². The van der Waals surface area contributed by atoms with E-state index in [-0.39, 0.29) is 18.3 Å². The van der Waals surface area contributed by atoms with Crippen LogP contribution in [-0.2, 0) is 35.9 Å². The highest BCUT2D eigenvalue weighted by molar-refractivity contribution is 5.68. The Kier molecular flexibility index (Phi) is 10.6. The summed E-state index contributed by atoms with van der Waals surface area (Å²) in [6.45, 7) is 14.1. The van der Waals surface area contributed by atoms with Crippen LogP contribution in [0.2, 0.25) is 0 Å². The molecule has 0 saturated carbocycles. The fourth-order valence-corrected chi connectivity index (χ4v) is 4.57. The molecule has 1 aliphatic rings. The van der Waals surface area contributed by atoms with Crippen molar-refractivity contribution in [2.45, 2.75) is 64.7 Å². The van der Waals surface area contributed by atoms with Gasteiger partial charge in [-0.05, 0) is 42.7 Å². The number of nitrogens with zero attached hydrogens (tertiary/aromatic N) is 4. The van der Waals surface area contributed by atoms with Gasteiger partial charge >= 0.3 is 5.97 Å². The maximum atomic E-state index is 11.7. The highest BCUT2D eigenvalue weighted by atomic mass is 16.5. The zero-order valence-electron chi connectivity index (χ0n) is 23.5. The number of rotatable bonds is 10. The molecule has 0 aliphatic carbocycles. The van der Waals surface area contributed by atoms with Crippen molar-refractivity contribution >= 4 is 23.4 Å². The van der Waals surface area contributed by atoms with Gasteiger partial charge in [-0.25, -0.2) is 14.5 Å². The van der Waals surface area contributed by atoms with Gasteiger partial charge in [-0.3, -0.25) is 9.59 Å². The first kappa shape index (κ1) is 30.2. The van der Waals surface area contributed by atoms with Crippen molar-refractivity contribution in [1.82, 2.24) is 14.8 Å². The summed E-state index contributed by atoms with van der Waals surface area (Å²) in [7, 11) is 1.82. The Morgan fingerprint density at radius 3 is 2.55 bits per heavy atom. The zero-order chi connectivity index (χ0) is 29.2. The van der Waals surface area contributed by atoms with Crippen LogP contribution in [0.3, 0.4) is 0 Å². The predicted molar refractivity (Wildman–Crippen MR) is 152 cm³/mol. The number of aliphatic carboxylic acids is 2. The van der Waals surface area contributed by atoms with Crippen molar-refractivity contribution in [3.05, 3.63) is 75.9 Å². The first-order valence-corrected chi connectivity index (χ1v) is 13.4. The molecule has 2 aromatic heterocycles. The Hall–Kier alpha value is -4.39. The number of benzene rings is 1.